The molecule has 1 aromatic carbocycles. The lowest BCUT2D eigenvalue weighted by atomic mass is 10.2. The summed E-state index contributed by atoms with van der Waals surface area (Å²) in [5.74, 6) is -0.358. The molecular weight excluding hydrogens is 143 g/mol. The summed E-state index contributed by atoms with van der Waals surface area (Å²) >= 11 is 0. The van der Waals surface area contributed by atoms with Crippen molar-refractivity contribution in [2.45, 2.75) is 6.92 Å². The molecule has 2 rings (SSSR count). The van der Waals surface area contributed by atoms with Gasteiger partial charge in [0.05, 0.1) is 10.9 Å². The number of aromatic nitrogens is 2. The average Bonchev–Trinajstić information content (AvgIpc) is 2.35. The first kappa shape index (κ1) is 6.34. The normalized spacial score (nSPS) is 10.7. The molecular formula is C8H7FN2. The van der Waals surface area contributed by atoms with E-state index < -0.39 is 0 Å². The summed E-state index contributed by atoms with van der Waals surface area (Å²) in [6.45, 7) is 1.91. The van der Waals surface area contributed by atoms with E-state index in [9.17, 15) is 4.39 Å². The molecule has 1 aromatic heterocycles. The van der Waals surface area contributed by atoms with Crippen molar-refractivity contribution in [3.05, 3.63) is 29.7 Å². The molecule has 0 saturated carbocycles. The molecule has 0 fully saturated rings. The summed E-state index contributed by atoms with van der Waals surface area (Å²) in [4.78, 5) is 0. The fraction of sp³-hybridized carbons (Fsp3) is 0.125. The quantitative estimate of drug-likeness (QED) is 0.611. The van der Waals surface area contributed by atoms with E-state index in [2.05, 4.69) is 10.2 Å². The Morgan fingerprint density at radius 3 is 3.00 bits per heavy atom. The topological polar surface area (TPSA) is 28.7 Å². The standard InChI is InChI=1S/C8H7FN2/c1-5-3-2-4-6-7(5)10-11-8(6)9/h2-4H,1H3,(H,10,11). The Kier molecular flexibility index (Phi) is 1.18. The molecule has 0 radical (unpaired) electrons. The first-order chi connectivity index (χ1) is 5.29. The van der Waals surface area contributed by atoms with Gasteiger partial charge in [-0.25, -0.2) is 0 Å². The number of aromatic amines is 1. The highest BCUT2D eigenvalue weighted by Gasteiger charge is 2.04. The number of halogens is 1. The van der Waals surface area contributed by atoms with Gasteiger partial charge in [-0.2, -0.15) is 9.49 Å². The molecule has 2 aromatic rings. The van der Waals surface area contributed by atoms with E-state index >= 15 is 0 Å². The lowest BCUT2D eigenvalue weighted by Crippen LogP contribution is -1.74. The average molecular weight is 150 g/mol. The van der Waals surface area contributed by atoms with Gasteiger partial charge in [-0.1, -0.05) is 12.1 Å². The van der Waals surface area contributed by atoms with E-state index in [4.69, 9.17) is 0 Å². The van der Waals surface area contributed by atoms with Gasteiger partial charge in [0, 0.05) is 0 Å². The van der Waals surface area contributed by atoms with Gasteiger partial charge in [-0.3, -0.25) is 5.10 Å². The number of benzene rings is 1. The molecule has 0 atom stereocenters. The van der Waals surface area contributed by atoms with Crippen molar-refractivity contribution in [2.24, 2.45) is 0 Å². The second kappa shape index (κ2) is 2.05. The predicted octanol–water partition coefficient (Wildman–Crippen LogP) is 2.01. The van der Waals surface area contributed by atoms with E-state index in [1.807, 2.05) is 19.1 Å². The lowest BCUT2D eigenvalue weighted by Gasteiger charge is -1.90. The van der Waals surface area contributed by atoms with Crippen molar-refractivity contribution in [1.29, 1.82) is 0 Å². The molecule has 1 N–H and O–H groups in total. The Morgan fingerprint density at radius 2 is 2.27 bits per heavy atom. The third kappa shape index (κ3) is 0.808. The van der Waals surface area contributed by atoms with Gasteiger partial charge < -0.3 is 0 Å². The number of hydrogen-bond donors (Lipinski definition) is 1. The third-order valence-electron chi connectivity index (χ3n) is 1.74. The van der Waals surface area contributed by atoms with Crippen LogP contribution < -0.4 is 0 Å². The van der Waals surface area contributed by atoms with Crippen LogP contribution in [0.4, 0.5) is 4.39 Å². The number of aryl methyl sites for hydroxylation is 1. The summed E-state index contributed by atoms with van der Waals surface area (Å²) in [7, 11) is 0. The Balaban J connectivity index is 2.94. The summed E-state index contributed by atoms with van der Waals surface area (Å²) in [5.41, 5.74) is 1.70. The van der Waals surface area contributed by atoms with E-state index in [0.29, 0.717) is 10.9 Å². The monoisotopic (exact) mass is 150 g/mol. The molecule has 56 valence electrons. The molecule has 3 heteroatoms. The molecule has 0 aliphatic rings. The predicted molar refractivity (Wildman–Crippen MR) is 40.8 cm³/mol. The molecule has 0 bridgehead atoms. The molecule has 0 aliphatic carbocycles. The smallest absolute Gasteiger partial charge is 0.216 e. The van der Waals surface area contributed by atoms with Crippen molar-refractivity contribution in [3.8, 4) is 0 Å². The molecule has 0 saturated heterocycles. The van der Waals surface area contributed by atoms with Crippen molar-refractivity contribution < 1.29 is 4.39 Å². The molecule has 2 nitrogen and oxygen atoms in total. The maximum atomic E-state index is 12.8. The van der Waals surface area contributed by atoms with E-state index in [1.54, 1.807) is 6.07 Å². The minimum absolute atomic E-state index is 0.358. The van der Waals surface area contributed by atoms with Gasteiger partial charge in [0.15, 0.2) is 0 Å². The largest absolute Gasteiger partial charge is 0.252 e. The molecule has 11 heavy (non-hydrogen) atoms. The summed E-state index contributed by atoms with van der Waals surface area (Å²) in [5, 5.41) is 6.68. The summed E-state index contributed by atoms with van der Waals surface area (Å²) in [6.07, 6.45) is 0. The number of hydrogen-bond acceptors (Lipinski definition) is 1. The zero-order chi connectivity index (χ0) is 7.84. The lowest BCUT2D eigenvalue weighted by molar-refractivity contribution is 0.588. The van der Waals surface area contributed by atoms with Crippen molar-refractivity contribution in [3.63, 3.8) is 0 Å². The summed E-state index contributed by atoms with van der Waals surface area (Å²) in [6, 6.07) is 5.43. The highest BCUT2D eigenvalue weighted by molar-refractivity contribution is 5.81. The van der Waals surface area contributed by atoms with Crippen LogP contribution in [0.2, 0.25) is 0 Å². The molecule has 0 unspecified atom stereocenters. The minimum atomic E-state index is -0.358. The minimum Gasteiger partial charge on any atom is -0.252 e. The summed E-state index contributed by atoms with van der Waals surface area (Å²) < 4.78 is 12.8. The molecule has 0 amide bonds. The second-order valence-electron chi connectivity index (χ2n) is 2.51. The number of fused-ring (bicyclic) bond motifs is 1. The molecule has 1 heterocycles. The van der Waals surface area contributed by atoms with Crippen LogP contribution >= 0.6 is 0 Å². The fourth-order valence-corrected chi connectivity index (χ4v) is 1.15. The Morgan fingerprint density at radius 1 is 1.45 bits per heavy atom. The Bertz CT molecular complexity index is 392. The van der Waals surface area contributed by atoms with Crippen molar-refractivity contribution in [1.82, 2.24) is 10.2 Å². The van der Waals surface area contributed by atoms with E-state index in [1.165, 1.54) is 0 Å². The van der Waals surface area contributed by atoms with Crippen LogP contribution in [-0.4, -0.2) is 10.2 Å². The van der Waals surface area contributed by atoms with Gasteiger partial charge in [-0.05, 0) is 18.6 Å². The van der Waals surface area contributed by atoms with Gasteiger partial charge in [0.1, 0.15) is 0 Å². The number of para-hydroxylation sites is 1. The van der Waals surface area contributed by atoms with Crippen LogP contribution in [0.3, 0.4) is 0 Å². The number of nitrogens with one attached hydrogen (secondary N) is 1. The second-order valence-corrected chi connectivity index (χ2v) is 2.51. The number of rotatable bonds is 0. The van der Waals surface area contributed by atoms with Crippen LogP contribution in [0.1, 0.15) is 5.56 Å². The number of H-pyrrole nitrogens is 1. The molecule has 0 aliphatic heterocycles. The van der Waals surface area contributed by atoms with Gasteiger partial charge in [0.25, 0.3) is 0 Å². The van der Waals surface area contributed by atoms with Crippen LogP contribution in [-0.2, 0) is 0 Å². The first-order valence-corrected chi connectivity index (χ1v) is 3.38. The van der Waals surface area contributed by atoms with E-state index in [-0.39, 0.29) is 5.95 Å². The maximum absolute atomic E-state index is 12.8. The van der Waals surface area contributed by atoms with Gasteiger partial charge in [-0.15, -0.1) is 0 Å². The van der Waals surface area contributed by atoms with Crippen LogP contribution in [0.15, 0.2) is 18.2 Å². The van der Waals surface area contributed by atoms with Crippen LogP contribution in [0.25, 0.3) is 10.9 Å². The van der Waals surface area contributed by atoms with Crippen LogP contribution in [0, 0.1) is 12.9 Å². The van der Waals surface area contributed by atoms with Crippen molar-refractivity contribution in [2.75, 3.05) is 0 Å². The zero-order valence-corrected chi connectivity index (χ0v) is 6.06. The number of nitrogens with zero attached hydrogens (tertiary/aromatic N) is 1. The highest BCUT2D eigenvalue weighted by atomic mass is 19.1. The third-order valence-corrected chi connectivity index (χ3v) is 1.74. The van der Waals surface area contributed by atoms with Gasteiger partial charge in [0.2, 0.25) is 5.95 Å². The Hall–Kier alpha value is -1.38. The first-order valence-electron chi connectivity index (χ1n) is 3.38. The molecule has 0 spiro atoms. The Labute approximate surface area is 63.0 Å². The van der Waals surface area contributed by atoms with Crippen molar-refractivity contribution >= 4 is 10.9 Å². The zero-order valence-electron chi connectivity index (χ0n) is 6.06. The maximum Gasteiger partial charge on any atom is 0.216 e. The van der Waals surface area contributed by atoms with Gasteiger partial charge >= 0.3 is 0 Å². The fourth-order valence-electron chi connectivity index (χ4n) is 1.15. The van der Waals surface area contributed by atoms with E-state index in [0.717, 1.165) is 5.56 Å². The van der Waals surface area contributed by atoms with Crippen LogP contribution in [0.5, 0.6) is 0 Å². The SMILES string of the molecule is Cc1cccc2c(F)[nH]nc12. The highest BCUT2D eigenvalue weighted by Crippen LogP contribution is 2.16.